The van der Waals surface area contributed by atoms with Crippen molar-refractivity contribution in [2.24, 2.45) is 0 Å². The van der Waals surface area contributed by atoms with E-state index >= 15 is 0 Å². The Morgan fingerprint density at radius 3 is 1.84 bits per heavy atom. The number of hydrogen-bond acceptors (Lipinski definition) is 10. The van der Waals surface area contributed by atoms with Crippen LogP contribution in [0.3, 0.4) is 0 Å². The zero-order valence-electron chi connectivity index (χ0n) is 19.2. The summed E-state index contributed by atoms with van der Waals surface area (Å²) in [5, 5.41) is 5.34. The van der Waals surface area contributed by atoms with Crippen LogP contribution >= 0.6 is 0 Å². The summed E-state index contributed by atoms with van der Waals surface area (Å²) in [6, 6.07) is -0.626. The molecule has 2 atom stereocenters. The molecule has 2 aromatic heterocycles. The molecule has 38 heavy (non-hydrogen) atoms. The molecule has 0 spiro atoms. The van der Waals surface area contributed by atoms with Gasteiger partial charge in [-0.2, -0.15) is 32.1 Å². The van der Waals surface area contributed by atoms with E-state index in [0.717, 1.165) is 11.4 Å². The number of carbonyl (C=O) groups excluding carboxylic acids is 2. The van der Waals surface area contributed by atoms with Gasteiger partial charge in [0.05, 0.1) is 25.1 Å². The highest BCUT2D eigenvalue weighted by atomic mass is 32.3. The molecule has 0 radical (unpaired) electrons. The fraction of sp³-hybridized carbons (Fsp3) is 0.333. The van der Waals surface area contributed by atoms with Gasteiger partial charge in [0.25, 0.3) is 0 Å². The molecule has 0 aromatic carbocycles. The number of urea groups is 2. The second-order valence-electron chi connectivity index (χ2n) is 8.35. The lowest BCUT2D eigenvalue weighted by molar-refractivity contribution is -0.0184. The number of fused-ring (bicyclic) bond motifs is 4. The van der Waals surface area contributed by atoms with E-state index in [1.807, 2.05) is 0 Å². The first-order valence-electron chi connectivity index (χ1n) is 10.8. The fourth-order valence-corrected chi connectivity index (χ4v) is 5.08. The first-order chi connectivity index (χ1) is 17.9. The van der Waals surface area contributed by atoms with Gasteiger partial charge in [0.2, 0.25) is 0 Å². The summed E-state index contributed by atoms with van der Waals surface area (Å²) >= 11 is 0. The summed E-state index contributed by atoms with van der Waals surface area (Å²) in [7, 11) is -9.44. The summed E-state index contributed by atoms with van der Waals surface area (Å²) in [6.45, 7) is 1.23. The van der Waals surface area contributed by atoms with Crippen molar-refractivity contribution in [2.45, 2.75) is 12.1 Å². The van der Waals surface area contributed by atoms with Crippen LogP contribution in [0.4, 0.5) is 9.59 Å². The molecule has 20 heteroatoms. The first-order valence-corrected chi connectivity index (χ1v) is 13.5. The van der Waals surface area contributed by atoms with Crippen molar-refractivity contribution in [3.05, 3.63) is 49.3 Å². The van der Waals surface area contributed by atoms with Crippen molar-refractivity contribution in [1.82, 2.24) is 39.3 Å². The number of amides is 4. The van der Waals surface area contributed by atoms with Crippen LogP contribution in [0.1, 0.15) is 0 Å². The van der Waals surface area contributed by atoms with Crippen LogP contribution in [-0.2, 0) is 29.4 Å². The van der Waals surface area contributed by atoms with Crippen LogP contribution in [0.5, 0.6) is 0 Å². The van der Waals surface area contributed by atoms with Crippen LogP contribution in [0, 0.1) is 0 Å². The zero-order valence-corrected chi connectivity index (χ0v) is 20.8. The topological polar surface area (TPSA) is 210 Å². The summed E-state index contributed by atoms with van der Waals surface area (Å²) in [5.74, 6) is 0. The van der Waals surface area contributed by atoms with Crippen LogP contribution in [0.2, 0.25) is 0 Å². The molecular weight excluding hydrogens is 552 g/mol. The highest BCUT2D eigenvalue weighted by molar-refractivity contribution is 7.81. The van der Waals surface area contributed by atoms with E-state index in [0.29, 0.717) is 36.3 Å². The maximum Gasteiger partial charge on any atom is 0.418 e. The molecule has 6 heterocycles. The highest BCUT2D eigenvalue weighted by Gasteiger charge is 2.44. The van der Waals surface area contributed by atoms with Crippen molar-refractivity contribution in [1.29, 1.82) is 0 Å². The van der Waals surface area contributed by atoms with Crippen LogP contribution in [-0.4, -0.2) is 116 Å². The van der Waals surface area contributed by atoms with Crippen LogP contribution < -0.4 is 0 Å². The fourth-order valence-electron chi connectivity index (χ4n) is 4.33. The normalized spacial score (nSPS) is 22.9. The number of rotatable bonds is 6. The molecule has 6 rings (SSSR count). The van der Waals surface area contributed by atoms with Gasteiger partial charge >= 0.3 is 32.9 Å². The number of nitrogens with zero attached hydrogens (tertiary/aromatic N) is 8. The molecule has 2 saturated heterocycles. The van der Waals surface area contributed by atoms with Gasteiger partial charge in [0.1, 0.15) is 12.1 Å². The third-order valence-corrected chi connectivity index (χ3v) is 6.49. The van der Waals surface area contributed by atoms with Gasteiger partial charge in [-0.15, -0.1) is 8.57 Å². The van der Waals surface area contributed by atoms with Gasteiger partial charge in [-0.3, -0.25) is 9.11 Å². The number of carbonyl (C=O) groups is 2. The Balaban J connectivity index is 0.000000155. The van der Waals surface area contributed by atoms with Gasteiger partial charge in [-0.1, -0.05) is 0 Å². The van der Waals surface area contributed by atoms with Gasteiger partial charge < -0.3 is 14.4 Å². The summed E-state index contributed by atoms with van der Waals surface area (Å²) in [6.07, 6.45) is 11.6. The number of imidazole rings is 1. The number of hydrogen-bond donors (Lipinski definition) is 2. The Kier molecular flexibility index (Phi) is 6.44. The molecule has 4 aliphatic rings. The minimum atomic E-state index is -4.72. The third kappa shape index (κ3) is 5.39. The zero-order chi connectivity index (χ0) is 27.2. The number of hydroxylamine groups is 4. The van der Waals surface area contributed by atoms with E-state index in [4.69, 9.17) is 9.11 Å². The van der Waals surface area contributed by atoms with E-state index in [9.17, 15) is 26.4 Å². The SMILES string of the molecule is O=C1N2CC(n3cccn3)=CC(C2)N1OS(=O)(=O)O.O=C1N2CC(n3ccnc3)=CC(C2)N1OS(=O)(=O)O. The molecule has 0 saturated carbocycles. The lowest BCUT2D eigenvalue weighted by Gasteiger charge is -2.21. The summed E-state index contributed by atoms with van der Waals surface area (Å²) in [4.78, 5) is 30.5. The standard InChI is InChI=1S/2C9H10N4O5S/c14-9-12-4-7(11-2-1-10-6-11)3-8(5-12)13(9)18-19(15,16)17;14-9-11-5-7(12-3-1-2-10-12)4-8(6-11)13(9)18-19(15,16)17/h1-3,6,8H,4-5H2,(H,15,16,17);1-4,8H,5-6H2,(H,15,16,17). The molecular formula is C18H20N8O10S2. The molecule has 2 unspecified atom stereocenters. The molecule has 18 nitrogen and oxygen atoms in total. The van der Waals surface area contributed by atoms with Gasteiger partial charge in [0, 0.05) is 43.6 Å². The minimum Gasteiger partial charge on any atom is -0.314 e. The van der Waals surface area contributed by atoms with E-state index in [1.54, 1.807) is 58.6 Å². The Hall–Kier alpha value is -3.82. The molecule has 204 valence electrons. The molecule has 0 aliphatic carbocycles. The first kappa shape index (κ1) is 25.8. The van der Waals surface area contributed by atoms with E-state index in [2.05, 4.69) is 18.7 Å². The average Bonchev–Trinajstić information content (AvgIpc) is 3.63. The Labute approximate surface area is 215 Å². The maximum atomic E-state index is 11.9. The predicted molar refractivity (Wildman–Crippen MR) is 123 cm³/mol. The molecule has 4 bridgehead atoms. The minimum absolute atomic E-state index is 0.294. The monoisotopic (exact) mass is 572 g/mol. The predicted octanol–water partition coefficient (Wildman–Crippen LogP) is -0.844. The van der Waals surface area contributed by atoms with Crippen molar-refractivity contribution < 1.29 is 44.1 Å². The van der Waals surface area contributed by atoms with Crippen molar-refractivity contribution in [2.75, 3.05) is 26.2 Å². The third-order valence-electron chi connectivity index (χ3n) is 5.79. The van der Waals surface area contributed by atoms with Crippen molar-refractivity contribution >= 4 is 44.3 Å². The van der Waals surface area contributed by atoms with E-state index in [-0.39, 0.29) is 0 Å². The van der Waals surface area contributed by atoms with Crippen molar-refractivity contribution in [3.8, 4) is 0 Å². The second kappa shape index (κ2) is 9.49. The van der Waals surface area contributed by atoms with Crippen LogP contribution in [0.25, 0.3) is 11.4 Å². The number of aromatic nitrogens is 4. The lowest BCUT2D eigenvalue weighted by Crippen LogP contribution is -2.35. The Morgan fingerprint density at radius 1 is 0.816 bits per heavy atom. The second-order valence-corrected chi connectivity index (χ2v) is 10.4. The van der Waals surface area contributed by atoms with Gasteiger partial charge in [0.15, 0.2) is 0 Å². The molecule has 4 amide bonds. The molecule has 4 aliphatic heterocycles. The van der Waals surface area contributed by atoms with Gasteiger partial charge in [-0.25, -0.2) is 19.3 Å². The van der Waals surface area contributed by atoms with E-state index in [1.165, 1.54) is 9.80 Å². The van der Waals surface area contributed by atoms with Gasteiger partial charge in [-0.05, 0) is 18.2 Å². The summed E-state index contributed by atoms with van der Waals surface area (Å²) in [5.41, 5.74) is 1.51. The largest absolute Gasteiger partial charge is 0.418 e. The molecule has 2 aromatic rings. The molecule has 2 fully saturated rings. The van der Waals surface area contributed by atoms with E-state index < -0.39 is 44.9 Å². The smallest absolute Gasteiger partial charge is 0.314 e. The lowest BCUT2D eigenvalue weighted by atomic mass is 10.2. The maximum absolute atomic E-state index is 11.9. The Bertz CT molecular complexity index is 1390. The highest BCUT2D eigenvalue weighted by Crippen LogP contribution is 2.28. The average molecular weight is 573 g/mol. The van der Waals surface area contributed by atoms with Crippen molar-refractivity contribution in [3.63, 3.8) is 0 Å². The summed E-state index contributed by atoms with van der Waals surface area (Å²) < 4.78 is 72.1. The van der Waals surface area contributed by atoms with Crippen LogP contribution in [0.15, 0.2) is 49.3 Å². The molecule has 2 N–H and O–H groups in total. The quantitative estimate of drug-likeness (QED) is 0.406. The Morgan fingerprint density at radius 2 is 1.37 bits per heavy atom.